The summed E-state index contributed by atoms with van der Waals surface area (Å²) >= 11 is 1.55. The molecule has 0 aliphatic carbocycles. The number of amides is 1. The summed E-state index contributed by atoms with van der Waals surface area (Å²) in [6.45, 7) is 6.06. The number of carboxylic acids is 1. The average Bonchev–Trinajstić information content (AvgIpc) is 2.80. The lowest BCUT2D eigenvalue weighted by Gasteiger charge is -2.11. The average molecular weight is 297 g/mol. The Morgan fingerprint density at radius 1 is 1.40 bits per heavy atom. The summed E-state index contributed by atoms with van der Waals surface area (Å²) in [7, 11) is 0. The second kappa shape index (κ2) is 8.04. The number of hydrogen-bond acceptors (Lipinski definition) is 3. The van der Waals surface area contributed by atoms with E-state index in [9.17, 15) is 9.59 Å². The summed E-state index contributed by atoms with van der Waals surface area (Å²) in [5.41, 5.74) is 1.25. The predicted octanol–water partition coefficient (Wildman–Crippen LogP) is 3.25. The summed E-state index contributed by atoms with van der Waals surface area (Å²) in [5, 5.41) is 11.5. The van der Waals surface area contributed by atoms with E-state index in [-0.39, 0.29) is 18.4 Å². The van der Waals surface area contributed by atoms with Crippen LogP contribution in [0.2, 0.25) is 0 Å². The fourth-order valence-corrected chi connectivity index (χ4v) is 3.28. The van der Waals surface area contributed by atoms with E-state index in [4.69, 9.17) is 5.11 Å². The van der Waals surface area contributed by atoms with Crippen molar-refractivity contribution in [2.75, 3.05) is 0 Å². The molecule has 1 atom stereocenters. The maximum Gasteiger partial charge on any atom is 0.303 e. The van der Waals surface area contributed by atoms with Gasteiger partial charge in [-0.2, -0.15) is 0 Å². The minimum absolute atomic E-state index is 0.0766. The molecule has 1 amide bonds. The molecule has 20 heavy (non-hydrogen) atoms. The number of carbonyl (C=O) groups excluding carboxylic acids is 1. The molecule has 0 aliphatic heterocycles. The van der Waals surface area contributed by atoms with E-state index in [0.29, 0.717) is 6.42 Å². The molecule has 0 fully saturated rings. The highest BCUT2D eigenvalue weighted by molar-refractivity contribution is 7.14. The number of aryl methyl sites for hydroxylation is 2. The molecule has 0 saturated carbocycles. The van der Waals surface area contributed by atoms with Gasteiger partial charge in [-0.15, -0.1) is 11.3 Å². The Labute approximate surface area is 124 Å². The molecule has 1 aromatic heterocycles. The van der Waals surface area contributed by atoms with E-state index in [2.05, 4.69) is 19.2 Å². The summed E-state index contributed by atoms with van der Waals surface area (Å²) < 4.78 is 0. The minimum atomic E-state index is -0.833. The van der Waals surface area contributed by atoms with Gasteiger partial charge < -0.3 is 10.4 Å². The summed E-state index contributed by atoms with van der Waals surface area (Å²) in [6.07, 6.45) is 3.55. The second-order valence-corrected chi connectivity index (χ2v) is 6.11. The zero-order valence-electron chi connectivity index (χ0n) is 12.4. The van der Waals surface area contributed by atoms with Gasteiger partial charge in [-0.3, -0.25) is 9.59 Å². The zero-order valence-corrected chi connectivity index (χ0v) is 13.2. The van der Waals surface area contributed by atoms with Crippen molar-refractivity contribution in [3.05, 3.63) is 21.4 Å². The topological polar surface area (TPSA) is 66.4 Å². The first kappa shape index (κ1) is 16.7. The van der Waals surface area contributed by atoms with Crippen molar-refractivity contribution >= 4 is 23.2 Å². The predicted molar refractivity (Wildman–Crippen MR) is 81.5 cm³/mol. The molecule has 0 aliphatic rings. The van der Waals surface area contributed by atoms with Gasteiger partial charge >= 0.3 is 5.97 Å². The van der Waals surface area contributed by atoms with Crippen molar-refractivity contribution < 1.29 is 14.7 Å². The van der Waals surface area contributed by atoms with E-state index < -0.39 is 5.97 Å². The second-order valence-electron chi connectivity index (χ2n) is 4.97. The van der Waals surface area contributed by atoms with Gasteiger partial charge in [0.05, 0.1) is 4.88 Å². The molecule has 0 spiro atoms. The van der Waals surface area contributed by atoms with Gasteiger partial charge in [0.1, 0.15) is 0 Å². The number of hydrogen-bond donors (Lipinski definition) is 2. The van der Waals surface area contributed by atoms with Crippen LogP contribution in [0.15, 0.2) is 6.07 Å². The lowest BCUT2D eigenvalue weighted by Crippen LogP contribution is -2.32. The van der Waals surface area contributed by atoms with Crippen molar-refractivity contribution in [1.29, 1.82) is 0 Å². The number of carboxylic acid groups (broad SMARTS) is 1. The Morgan fingerprint density at radius 3 is 2.65 bits per heavy atom. The molecule has 2 N–H and O–H groups in total. The first-order valence-corrected chi connectivity index (χ1v) is 7.93. The Kier molecular flexibility index (Phi) is 6.71. The standard InChI is InChI=1S/C15H23NO3S/c1-4-6-12-11(5-2)9-13(20-12)15(19)16-10(3)7-8-14(17)18/h9-10H,4-8H2,1-3H3,(H,16,19)(H,17,18). The van der Waals surface area contributed by atoms with Gasteiger partial charge in [0.25, 0.3) is 5.91 Å². The molecule has 5 heteroatoms. The van der Waals surface area contributed by atoms with E-state index in [1.807, 2.05) is 13.0 Å². The fraction of sp³-hybridized carbons (Fsp3) is 0.600. The number of thiophene rings is 1. The van der Waals surface area contributed by atoms with Gasteiger partial charge in [-0.25, -0.2) is 0 Å². The monoisotopic (exact) mass is 297 g/mol. The van der Waals surface area contributed by atoms with E-state index >= 15 is 0 Å². The Balaban J connectivity index is 2.65. The van der Waals surface area contributed by atoms with Gasteiger partial charge in [0, 0.05) is 17.3 Å². The van der Waals surface area contributed by atoms with Crippen molar-refractivity contribution in [1.82, 2.24) is 5.32 Å². The first-order valence-electron chi connectivity index (χ1n) is 7.12. The third-order valence-corrected chi connectivity index (χ3v) is 4.38. The van der Waals surface area contributed by atoms with Crippen LogP contribution in [0.25, 0.3) is 0 Å². The highest BCUT2D eigenvalue weighted by atomic mass is 32.1. The maximum atomic E-state index is 12.1. The number of nitrogens with one attached hydrogen (secondary N) is 1. The SMILES string of the molecule is CCCc1sc(C(=O)NC(C)CCC(=O)O)cc1CC. The lowest BCUT2D eigenvalue weighted by atomic mass is 10.1. The van der Waals surface area contributed by atoms with E-state index in [0.717, 1.165) is 24.1 Å². The number of carbonyl (C=O) groups is 2. The smallest absolute Gasteiger partial charge is 0.303 e. The third-order valence-electron chi connectivity index (χ3n) is 3.15. The third kappa shape index (κ3) is 4.96. The van der Waals surface area contributed by atoms with Crippen LogP contribution >= 0.6 is 11.3 Å². The van der Waals surface area contributed by atoms with E-state index in [1.54, 1.807) is 11.3 Å². The molecule has 1 rings (SSSR count). The van der Waals surface area contributed by atoms with Crippen LogP contribution in [-0.2, 0) is 17.6 Å². The highest BCUT2D eigenvalue weighted by Crippen LogP contribution is 2.24. The molecule has 0 bridgehead atoms. The van der Waals surface area contributed by atoms with Crippen LogP contribution in [0.4, 0.5) is 0 Å². The zero-order chi connectivity index (χ0) is 15.1. The van der Waals surface area contributed by atoms with Crippen molar-refractivity contribution in [3.63, 3.8) is 0 Å². The van der Waals surface area contributed by atoms with Crippen LogP contribution < -0.4 is 5.32 Å². The van der Waals surface area contributed by atoms with Crippen molar-refractivity contribution in [3.8, 4) is 0 Å². The maximum absolute atomic E-state index is 12.1. The van der Waals surface area contributed by atoms with Crippen LogP contribution in [0.1, 0.15) is 60.1 Å². The summed E-state index contributed by atoms with van der Waals surface area (Å²) in [4.78, 5) is 24.7. The number of rotatable bonds is 8. The first-order chi connectivity index (χ1) is 9.47. The van der Waals surface area contributed by atoms with Crippen LogP contribution in [0, 0.1) is 0 Å². The van der Waals surface area contributed by atoms with E-state index in [1.165, 1.54) is 10.4 Å². The molecule has 112 valence electrons. The quantitative estimate of drug-likeness (QED) is 0.774. The molecule has 4 nitrogen and oxygen atoms in total. The van der Waals surface area contributed by atoms with Gasteiger partial charge in [-0.1, -0.05) is 20.3 Å². The fourth-order valence-electron chi connectivity index (χ4n) is 2.02. The van der Waals surface area contributed by atoms with Gasteiger partial charge in [-0.05, 0) is 37.8 Å². The normalized spacial score (nSPS) is 12.2. The molecule has 0 saturated heterocycles. The Morgan fingerprint density at radius 2 is 2.10 bits per heavy atom. The summed E-state index contributed by atoms with van der Waals surface area (Å²) in [6, 6.07) is 1.84. The number of aliphatic carboxylic acids is 1. The van der Waals surface area contributed by atoms with Crippen molar-refractivity contribution in [2.24, 2.45) is 0 Å². The molecular weight excluding hydrogens is 274 g/mol. The van der Waals surface area contributed by atoms with Crippen molar-refractivity contribution in [2.45, 2.75) is 58.9 Å². The molecule has 1 aromatic rings. The molecule has 1 unspecified atom stereocenters. The van der Waals surface area contributed by atoms with Crippen LogP contribution in [-0.4, -0.2) is 23.0 Å². The Bertz CT molecular complexity index is 468. The molecule has 0 radical (unpaired) electrons. The highest BCUT2D eigenvalue weighted by Gasteiger charge is 2.15. The lowest BCUT2D eigenvalue weighted by molar-refractivity contribution is -0.137. The molecule has 1 heterocycles. The molecule has 0 aromatic carbocycles. The van der Waals surface area contributed by atoms with Crippen LogP contribution in [0.3, 0.4) is 0 Å². The van der Waals surface area contributed by atoms with Gasteiger partial charge in [0.15, 0.2) is 0 Å². The Hall–Kier alpha value is -1.36. The minimum Gasteiger partial charge on any atom is -0.481 e. The largest absolute Gasteiger partial charge is 0.481 e. The van der Waals surface area contributed by atoms with Crippen LogP contribution in [0.5, 0.6) is 0 Å². The van der Waals surface area contributed by atoms with Gasteiger partial charge in [0.2, 0.25) is 0 Å². The summed E-state index contributed by atoms with van der Waals surface area (Å²) in [5.74, 6) is -0.925. The molecular formula is C15H23NO3S.